The van der Waals surface area contributed by atoms with Crippen LogP contribution in [-0.4, -0.2) is 19.3 Å². The van der Waals surface area contributed by atoms with E-state index < -0.39 is 15.8 Å². The van der Waals surface area contributed by atoms with Crippen molar-refractivity contribution in [1.82, 2.24) is 4.98 Å². The SMILES string of the molecule is O=C(Nc1nc(-c2ccc(I)cc2)cs1)c1ccc(NS(=O)(=O)c2ccc(F)cc2)cc1. The molecule has 4 rings (SSSR count). The van der Waals surface area contributed by atoms with Gasteiger partial charge in [-0.15, -0.1) is 11.3 Å². The minimum Gasteiger partial charge on any atom is -0.298 e. The number of nitrogens with one attached hydrogen (secondary N) is 2. The molecule has 1 heterocycles. The van der Waals surface area contributed by atoms with E-state index in [1.54, 1.807) is 0 Å². The second-order valence-electron chi connectivity index (χ2n) is 6.64. The first-order valence-corrected chi connectivity index (χ1v) is 12.7. The van der Waals surface area contributed by atoms with Crippen molar-refractivity contribution >= 4 is 60.7 Å². The summed E-state index contributed by atoms with van der Waals surface area (Å²) in [6.07, 6.45) is 0. The Balaban J connectivity index is 1.42. The van der Waals surface area contributed by atoms with Gasteiger partial charge in [-0.1, -0.05) is 12.1 Å². The molecule has 0 atom stereocenters. The molecule has 10 heteroatoms. The topological polar surface area (TPSA) is 88.2 Å². The number of sulfonamides is 1. The predicted molar refractivity (Wildman–Crippen MR) is 132 cm³/mol. The van der Waals surface area contributed by atoms with Crippen LogP contribution in [0.5, 0.6) is 0 Å². The summed E-state index contributed by atoms with van der Waals surface area (Å²) in [6, 6.07) is 18.4. The fraction of sp³-hybridized carbons (Fsp3) is 0. The molecule has 32 heavy (non-hydrogen) atoms. The molecular weight excluding hydrogens is 564 g/mol. The summed E-state index contributed by atoms with van der Waals surface area (Å²) in [5.74, 6) is -0.883. The van der Waals surface area contributed by atoms with Crippen LogP contribution in [0.2, 0.25) is 0 Å². The summed E-state index contributed by atoms with van der Waals surface area (Å²) in [6.45, 7) is 0. The van der Waals surface area contributed by atoms with Gasteiger partial charge in [0, 0.05) is 25.8 Å². The van der Waals surface area contributed by atoms with Crippen molar-refractivity contribution in [2.45, 2.75) is 4.90 Å². The van der Waals surface area contributed by atoms with Crippen LogP contribution in [0.4, 0.5) is 15.2 Å². The average Bonchev–Trinajstić information content (AvgIpc) is 3.23. The Bertz CT molecular complexity index is 1360. The van der Waals surface area contributed by atoms with Crippen LogP contribution in [0.15, 0.2) is 83.1 Å². The molecule has 6 nitrogen and oxygen atoms in total. The Kier molecular flexibility index (Phi) is 6.53. The van der Waals surface area contributed by atoms with Gasteiger partial charge in [0.1, 0.15) is 5.82 Å². The van der Waals surface area contributed by atoms with Crippen LogP contribution in [0.25, 0.3) is 11.3 Å². The number of rotatable bonds is 6. The standard InChI is InChI=1S/C22H15FIN3O3S2/c23-16-5-11-19(12-6-16)32(29,30)27-18-9-3-15(4-10-18)21(28)26-22-25-20(13-31-22)14-1-7-17(24)8-2-14/h1-13,27H,(H,25,26,28). The molecule has 0 aliphatic carbocycles. The molecule has 0 aliphatic rings. The predicted octanol–water partition coefficient (Wildman–Crippen LogP) is 5.61. The van der Waals surface area contributed by atoms with Gasteiger partial charge in [0.15, 0.2) is 5.13 Å². The quantitative estimate of drug-likeness (QED) is 0.291. The van der Waals surface area contributed by atoms with Gasteiger partial charge in [-0.05, 0) is 83.3 Å². The van der Waals surface area contributed by atoms with Crippen molar-refractivity contribution in [3.05, 3.63) is 93.1 Å². The maximum absolute atomic E-state index is 13.0. The van der Waals surface area contributed by atoms with E-state index in [0.717, 1.165) is 27.0 Å². The number of thiazole rings is 1. The zero-order chi connectivity index (χ0) is 22.7. The van der Waals surface area contributed by atoms with Gasteiger partial charge in [0.25, 0.3) is 15.9 Å². The molecule has 0 unspecified atom stereocenters. The third-order valence-electron chi connectivity index (χ3n) is 4.39. The first-order chi connectivity index (χ1) is 15.3. The number of aromatic nitrogens is 1. The van der Waals surface area contributed by atoms with Crippen molar-refractivity contribution in [3.8, 4) is 11.3 Å². The molecule has 4 aromatic rings. The number of halogens is 2. The van der Waals surface area contributed by atoms with E-state index in [1.807, 2.05) is 29.6 Å². The lowest BCUT2D eigenvalue weighted by molar-refractivity contribution is 0.102. The number of carbonyl (C=O) groups is 1. The van der Waals surface area contributed by atoms with Crippen LogP contribution in [0.1, 0.15) is 10.4 Å². The van der Waals surface area contributed by atoms with Crippen molar-refractivity contribution in [3.63, 3.8) is 0 Å². The highest BCUT2D eigenvalue weighted by molar-refractivity contribution is 14.1. The Morgan fingerprint density at radius 3 is 2.25 bits per heavy atom. The van der Waals surface area contributed by atoms with Gasteiger partial charge in [0.2, 0.25) is 0 Å². The number of hydrogen-bond donors (Lipinski definition) is 2. The molecule has 3 aromatic carbocycles. The maximum atomic E-state index is 13.0. The van der Waals surface area contributed by atoms with Gasteiger partial charge in [0.05, 0.1) is 10.6 Å². The largest absolute Gasteiger partial charge is 0.298 e. The van der Waals surface area contributed by atoms with Crippen molar-refractivity contribution in [1.29, 1.82) is 0 Å². The van der Waals surface area contributed by atoms with Crippen molar-refractivity contribution < 1.29 is 17.6 Å². The molecule has 0 fully saturated rings. The summed E-state index contributed by atoms with van der Waals surface area (Å²) in [5, 5.41) is 5.08. The first-order valence-electron chi connectivity index (χ1n) is 9.21. The Hall–Kier alpha value is -2.83. The average molecular weight is 579 g/mol. The van der Waals surface area contributed by atoms with Crippen LogP contribution in [0.3, 0.4) is 0 Å². The molecule has 162 valence electrons. The first kappa shape index (κ1) is 22.4. The molecular formula is C22H15FIN3O3S2. The molecule has 0 radical (unpaired) electrons. The number of benzene rings is 3. The fourth-order valence-corrected chi connectivity index (χ4v) is 4.90. The third kappa shape index (κ3) is 5.31. The van der Waals surface area contributed by atoms with Crippen molar-refractivity contribution in [2.24, 2.45) is 0 Å². The summed E-state index contributed by atoms with van der Waals surface area (Å²) in [5.41, 5.74) is 2.36. The van der Waals surface area contributed by atoms with Gasteiger partial charge in [-0.3, -0.25) is 14.8 Å². The smallest absolute Gasteiger partial charge is 0.261 e. The van der Waals surface area contributed by atoms with Crippen LogP contribution in [-0.2, 0) is 10.0 Å². The van der Waals surface area contributed by atoms with E-state index in [4.69, 9.17) is 0 Å². The van der Waals surface area contributed by atoms with E-state index in [2.05, 4.69) is 37.6 Å². The highest BCUT2D eigenvalue weighted by Crippen LogP contribution is 2.26. The second-order valence-corrected chi connectivity index (χ2v) is 10.4. The van der Waals surface area contributed by atoms with E-state index in [0.29, 0.717) is 10.7 Å². The minimum atomic E-state index is -3.86. The monoisotopic (exact) mass is 579 g/mol. The van der Waals surface area contributed by atoms with E-state index >= 15 is 0 Å². The summed E-state index contributed by atoms with van der Waals surface area (Å²) in [4.78, 5) is 16.9. The molecule has 0 aliphatic heterocycles. The second kappa shape index (κ2) is 9.35. The molecule has 0 saturated heterocycles. The molecule has 0 bridgehead atoms. The summed E-state index contributed by atoms with van der Waals surface area (Å²) >= 11 is 3.55. The fourth-order valence-electron chi connectivity index (χ4n) is 2.77. The molecule has 0 spiro atoms. The molecule has 2 N–H and O–H groups in total. The number of carbonyl (C=O) groups excluding carboxylic acids is 1. The third-order valence-corrected chi connectivity index (χ3v) is 7.26. The van der Waals surface area contributed by atoms with E-state index in [-0.39, 0.29) is 16.5 Å². The van der Waals surface area contributed by atoms with Gasteiger partial charge in [-0.2, -0.15) is 0 Å². The molecule has 0 saturated carbocycles. The highest BCUT2D eigenvalue weighted by Gasteiger charge is 2.15. The van der Waals surface area contributed by atoms with Gasteiger partial charge < -0.3 is 0 Å². The Labute approximate surface area is 201 Å². The number of anilines is 2. The highest BCUT2D eigenvalue weighted by atomic mass is 127. The van der Waals surface area contributed by atoms with Crippen molar-refractivity contribution in [2.75, 3.05) is 10.0 Å². The van der Waals surface area contributed by atoms with E-state index in [9.17, 15) is 17.6 Å². The lowest BCUT2D eigenvalue weighted by Gasteiger charge is -2.09. The van der Waals surface area contributed by atoms with E-state index in [1.165, 1.54) is 47.7 Å². The molecule has 1 amide bonds. The molecule has 1 aromatic heterocycles. The maximum Gasteiger partial charge on any atom is 0.261 e. The zero-order valence-corrected chi connectivity index (χ0v) is 20.0. The van der Waals surface area contributed by atoms with Gasteiger partial charge >= 0.3 is 0 Å². The van der Waals surface area contributed by atoms with Crippen LogP contribution in [0, 0.1) is 9.39 Å². The van der Waals surface area contributed by atoms with Crippen LogP contribution < -0.4 is 10.0 Å². The summed E-state index contributed by atoms with van der Waals surface area (Å²) < 4.78 is 41.3. The minimum absolute atomic E-state index is 0.0616. The Morgan fingerprint density at radius 1 is 0.938 bits per heavy atom. The Morgan fingerprint density at radius 2 is 1.59 bits per heavy atom. The normalized spacial score (nSPS) is 11.2. The lowest BCUT2D eigenvalue weighted by atomic mass is 10.2. The van der Waals surface area contributed by atoms with Crippen LogP contribution >= 0.6 is 33.9 Å². The number of nitrogens with zero attached hydrogens (tertiary/aromatic N) is 1. The lowest BCUT2D eigenvalue weighted by Crippen LogP contribution is -2.14. The number of amides is 1. The zero-order valence-electron chi connectivity index (χ0n) is 16.2. The van der Waals surface area contributed by atoms with Gasteiger partial charge in [-0.25, -0.2) is 17.8 Å². The summed E-state index contributed by atoms with van der Waals surface area (Å²) in [7, 11) is -3.86. The number of hydrogen-bond acceptors (Lipinski definition) is 5.